The lowest BCUT2D eigenvalue weighted by molar-refractivity contribution is -0.104. The fourth-order valence-corrected chi connectivity index (χ4v) is 1.80. The summed E-state index contributed by atoms with van der Waals surface area (Å²) in [6.07, 6.45) is 3.78. The van der Waals surface area contributed by atoms with Crippen LogP contribution in [-0.2, 0) is 4.79 Å². The van der Waals surface area contributed by atoms with Gasteiger partial charge in [-0.3, -0.25) is 4.79 Å². The average molecular weight is 232 g/mol. The lowest BCUT2D eigenvalue weighted by atomic mass is 10.1. The second kappa shape index (κ2) is 4.45. The number of rotatable bonds is 2. The summed E-state index contributed by atoms with van der Waals surface area (Å²) >= 11 is 6.03. The van der Waals surface area contributed by atoms with Gasteiger partial charge < -0.3 is 0 Å². The Morgan fingerprint density at radius 1 is 1.38 bits per heavy atom. The van der Waals surface area contributed by atoms with E-state index in [1.54, 1.807) is 6.08 Å². The van der Waals surface area contributed by atoms with Crippen LogP contribution in [0.4, 0.5) is 0 Å². The first-order valence-electron chi connectivity index (χ1n) is 4.90. The molecule has 16 heavy (non-hydrogen) atoms. The highest BCUT2D eigenvalue weighted by Gasteiger charge is 2.03. The van der Waals surface area contributed by atoms with Crippen LogP contribution in [0.2, 0.25) is 5.15 Å². The van der Waals surface area contributed by atoms with E-state index >= 15 is 0 Å². The molecule has 3 heteroatoms. The van der Waals surface area contributed by atoms with Crippen molar-refractivity contribution in [3.63, 3.8) is 0 Å². The summed E-state index contributed by atoms with van der Waals surface area (Å²) in [7, 11) is 0. The number of carbonyl (C=O) groups is 1. The number of halogens is 1. The second-order valence-corrected chi connectivity index (χ2v) is 3.87. The molecule has 0 aliphatic heterocycles. The Morgan fingerprint density at radius 3 is 2.94 bits per heavy atom. The van der Waals surface area contributed by atoms with Crippen LogP contribution in [0, 0.1) is 6.92 Å². The number of pyridine rings is 1. The molecular weight excluding hydrogens is 222 g/mol. The second-order valence-electron chi connectivity index (χ2n) is 3.51. The molecule has 2 nitrogen and oxygen atoms in total. The standard InChI is InChI=1S/C13H10ClNO/c1-9-4-2-5-10-8-11(6-3-7-16)13(14)15-12(9)10/h2-8H,1H3/b6-3+. The van der Waals surface area contributed by atoms with Gasteiger partial charge in [0.2, 0.25) is 0 Å². The summed E-state index contributed by atoms with van der Waals surface area (Å²) in [4.78, 5) is 14.6. The van der Waals surface area contributed by atoms with E-state index in [0.29, 0.717) is 5.15 Å². The summed E-state index contributed by atoms with van der Waals surface area (Å²) < 4.78 is 0. The largest absolute Gasteiger partial charge is 0.299 e. The fourth-order valence-electron chi connectivity index (χ4n) is 1.60. The van der Waals surface area contributed by atoms with Crippen LogP contribution in [0.5, 0.6) is 0 Å². The van der Waals surface area contributed by atoms with Gasteiger partial charge in [-0.1, -0.05) is 29.8 Å². The molecule has 0 saturated heterocycles. The highest BCUT2D eigenvalue weighted by Crippen LogP contribution is 2.23. The molecule has 0 N–H and O–H groups in total. The molecule has 0 amide bonds. The zero-order valence-corrected chi connectivity index (χ0v) is 9.53. The fraction of sp³-hybridized carbons (Fsp3) is 0.0769. The molecule has 0 aliphatic rings. The summed E-state index contributed by atoms with van der Waals surface area (Å²) in [6.45, 7) is 1.99. The Hall–Kier alpha value is -1.67. The predicted molar refractivity (Wildman–Crippen MR) is 66.6 cm³/mol. The summed E-state index contributed by atoms with van der Waals surface area (Å²) in [5.74, 6) is 0. The summed E-state index contributed by atoms with van der Waals surface area (Å²) in [6, 6.07) is 7.87. The molecule has 0 saturated carbocycles. The van der Waals surface area contributed by atoms with Crippen LogP contribution < -0.4 is 0 Å². The van der Waals surface area contributed by atoms with Crippen molar-refractivity contribution in [2.24, 2.45) is 0 Å². The van der Waals surface area contributed by atoms with E-state index in [-0.39, 0.29) is 0 Å². The number of nitrogens with zero attached hydrogens (tertiary/aromatic N) is 1. The summed E-state index contributed by atoms with van der Waals surface area (Å²) in [5, 5.41) is 1.44. The van der Waals surface area contributed by atoms with Crippen LogP contribution in [0.25, 0.3) is 17.0 Å². The lowest BCUT2D eigenvalue weighted by Gasteiger charge is -2.04. The predicted octanol–water partition coefficient (Wildman–Crippen LogP) is 3.41. The van der Waals surface area contributed by atoms with Crippen molar-refractivity contribution in [3.8, 4) is 0 Å². The first-order valence-corrected chi connectivity index (χ1v) is 5.28. The smallest absolute Gasteiger partial charge is 0.142 e. The van der Waals surface area contributed by atoms with Crippen LogP contribution in [0.3, 0.4) is 0 Å². The maximum atomic E-state index is 10.3. The summed E-state index contributed by atoms with van der Waals surface area (Å²) in [5.41, 5.74) is 2.74. The molecule has 0 bridgehead atoms. The number of hydrogen-bond donors (Lipinski definition) is 0. The van der Waals surface area contributed by atoms with Crippen LogP contribution in [0.15, 0.2) is 30.3 Å². The van der Waals surface area contributed by atoms with E-state index in [0.717, 1.165) is 28.3 Å². The Morgan fingerprint density at radius 2 is 2.19 bits per heavy atom. The third kappa shape index (κ3) is 1.97. The molecule has 0 unspecified atom stereocenters. The zero-order chi connectivity index (χ0) is 11.5. The van der Waals surface area contributed by atoms with Crippen molar-refractivity contribution in [2.45, 2.75) is 6.92 Å². The number of benzene rings is 1. The Labute approximate surface area is 98.6 Å². The van der Waals surface area contributed by atoms with E-state index in [9.17, 15) is 4.79 Å². The topological polar surface area (TPSA) is 30.0 Å². The van der Waals surface area contributed by atoms with E-state index in [4.69, 9.17) is 11.6 Å². The normalized spacial score (nSPS) is 11.1. The minimum absolute atomic E-state index is 0.417. The van der Waals surface area contributed by atoms with Gasteiger partial charge in [0.15, 0.2) is 0 Å². The van der Waals surface area contributed by atoms with Gasteiger partial charge in [0.05, 0.1) is 5.52 Å². The highest BCUT2D eigenvalue weighted by molar-refractivity contribution is 6.31. The van der Waals surface area contributed by atoms with Crippen molar-refractivity contribution >= 4 is 34.9 Å². The average Bonchev–Trinajstić information content (AvgIpc) is 2.28. The van der Waals surface area contributed by atoms with E-state index in [1.165, 1.54) is 6.08 Å². The number of allylic oxidation sites excluding steroid dienone is 1. The number of carbonyl (C=O) groups excluding carboxylic acids is 1. The lowest BCUT2D eigenvalue weighted by Crippen LogP contribution is -1.87. The molecule has 1 aromatic heterocycles. The number of aldehydes is 1. The number of para-hydroxylation sites is 1. The van der Waals surface area contributed by atoms with Gasteiger partial charge in [0.1, 0.15) is 11.4 Å². The molecule has 2 aromatic rings. The van der Waals surface area contributed by atoms with Gasteiger partial charge in [0, 0.05) is 10.9 Å². The third-order valence-electron chi connectivity index (χ3n) is 2.38. The van der Waals surface area contributed by atoms with Gasteiger partial charge in [-0.05, 0) is 30.7 Å². The van der Waals surface area contributed by atoms with Gasteiger partial charge in [-0.25, -0.2) is 4.98 Å². The van der Waals surface area contributed by atoms with Gasteiger partial charge in [0.25, 0.3) is 0 Å². The Bertz CT molecular complexity index is 575. The molecule has 0 radical (unpaired) electrons. The molecule has 1 aromatic carbocycles. The number of hydrogen-bond acceptors (Lipinski definition) is 2. The van der Waals surface area contributed by atoms with Gasteiger partial charge in [-0.2, -0.15) is 0 Å². The van der Waals surface area contributed by atoms with Crippen LogP contribution >= 0.6 is 11.6 Å². The van der Waals surface area contributed by atoms with Crippen molar-refractivity contribution < 1.29 is 4.79 Å². The maximum Gasteiger partial charge on any atom is 0.142 e. The Balaban J connectivity index is 2.67. The minimum Gasteiger partial charge on any atom is -0.299 e. The van der Waals surface area contributed by atoms with E-state index < -0.39 is 0 Å². The highest BCUT2D eigenvalue weighted by atomic mass is 35.5. The quantitative estimate of drug-likeness (QED) is 0.450. The van der Waals surface area contributed by atoms with Crippen molar-refractivity contribution in [2.75, 3.05) is 0 Å². The molecular formula is C13H10ClNO. The van der Waals surface area contributed by atoms with Crippen molar-refractivity contribution in [3.05, 3.63) is 46.6 Å². The number of fused-ring (bicyclic) bond motifs is 1. The SMILES string of the molecule is Cc1cccc2cc(/C=C/C=O)c(Cl)nc12. The molecule has 80 valence electrons. The number of aromatic nitrogens is 1. The molecule has 0 spiro atoms. The maximum absolute atomic E-state index is 10.3. The first-order chi connectivity index (χ1) is 7.72. The zero-order valence-electron chi connectivity index (χ0n) is 8.77. The van der Waals surface area contributed by atoms with Gasteiger partial charge in [-0.15, -0.1) is 0 Å². The third-order valence-corrected chi connectivity index (χ3v) is 2.69. The van der Waals surface area contributed by atoms with E-state index in [1.807, 2.05) is 31.2 Å². The number of aryl methyl sites for hydroxylation is 1. The Kier molecular flexibility index (Phi) is 3.02. The van der Waals surface area contributed by atoms with Crippen molar-refractivity contribution in [1.29, 1.82) is 0 Å². The van der Waals surface area contributed by atoms with Crippen molar-refractivity contribution in [1.82, 2.24) is 4.98 Å². The van der Waals surface area contributed by atoms with Crippen LogP contribution in [0.1, 0.15) is 11.1 Å². The van der Waals surface area contributed by atoms with Gasteiger partial charge >= 0.3 is 0 Å². The van der Waals surface area contributed by atoms with Crippen LogP contribution in [-0.4, -0.2) is 11.3 Å². The molecule has 0 aliphatic carbocycles. The monoisotopic (exact) mass is 231 g/mol. The molecule has 0 fully saturated rings. The minimum atomic E-state index is 0.417. The van der Waals surface area contributed by atoms with E-state index in [2.05, 4.69) is 4.98 Å². The molecule has 0 atom stereocenters. The molecule has 1 heterocycles. The molecule has 2 rings (SSSR count). The first kappa shape index (κ1) is 10.8.